The van der Waals surface area contributed by atoms with Crippen molar-refractivity contribution in [2.75, 3.05) is 7.11 Å². The minimum absolute atomic E-state index is 0.0253. The first-order chi connectivity index (χ1) is 8.11. The molecule has 2 rings (SSSR count). The molecule has 88 valence electrons. The van der Waals surface area contributed by atoms with Crippen molar-refractivity contribution in [1.29, 1.82) is 0 Å². The van der Waals surface area contributed by atoms with Gasteiger partial charge in [0.1, 0.15) is 15.7 Å². The molecule has 2 aromatic rings. The van der Waals surface area contributed by atoms with Crippen LogP contribution >= 0.6 is 22.9 Å². The first-order valence-electron chi connectivity index (χ1n) is 4.61. The van der Waals surface area contributed by atoms with Gasteiger partial charge in [-0.25, -0.2) is 14.2 Å². The zero-order valence-corrected chi connectivity index (χ0v) is 10.3. The standard InChI is InChI=1S/C11H7ClFNO2S/c1-16-11(15)9-5-14-10(17-9)6-2-3-8(13)7(12)4-6/h2-5H,1H3. The number of rotatable bonds is 2. The number of hydrogen-bond donors (Lipinski definition) is 0. The van der Waals surface area contributed by atoms with Gasteiger partial charge in [-0.3, -0.25) is 0 Å². The maximum absolute atomic E-state index is 13.0. The molecule has 0 N–H and O–H groups in total. The molecule has 0 aliphatic heterocycles. The lowest BCUT2D eigenvalue weighted by Crippen LogP contribution is -1.96. The van der Waals surface area contributed by atoms with Crippen molar-refractivity contribution in [2.24, 2.45) is 0 Å². The summed E-state index contributed by atoms with van der Waals surface area (Å²) >= 11 is 6.84. The fraction of sp³-hybridized carbons (Fsp3) is 0.0909. The highest BCUT2D eigenvalue weighted by atomic mass is 35.5. The van der Waals surface area contributed by atoms with E-state index in [4.69, 9.17) is 11.6 Å². The largest absolute Gasteiger partial charge is 0.465 e. The summed E-state index contributed by atoms with van der Waals surface area (Å²) in [7, 11) is 1.30. The van der Waals surface area contributed by atoms with E-state index in [-0.39, 0.29) is 5.02 Å². The number of hydrogen-bond acceptors (Lipinski definition) is 4. The third-order valence-corrected chi connectivity index (χ3v) is 3.37. The van der Waals surface area contributed by atoms with E-state index in [9.17, 15) is 9.18 Å². The molecule has 0 atom stereocenters. The molecular weight excluding hydrogens is 265 g/mol. The third kappa shape index (κ3) is 2.45. The number of carbonyl (C=O) groups excluding carboxylic acids is 1. The highest BCUT2D eigenvalue weighted by molar-refractivity contribution is 7.16. The molecule has 3 nitrogen and oxygen atoms in total. The molecule has 17 heavy (non-hydrogen) atoms. The fourth-order valence-electron chi connectivity index (χ4n) is 1.23. The van der Waals surface area contributed by atoms with Gasteiger partial charge in [0.05, 0.1) is 18.3 Å². The van der Waals surface area contributed by atoms with Crippen molar-refractivity contribution in [3.05, 3.63) is 40.1 Å². The molecule has 0 fully saturated rings. The van der Waals surface area contributed by atoms with E-state index in [0.717, 1.165) is 0 Å². The van der Waals surface area contributed by atoms with Gasteiger partial charge in [-0.05, 0) is 18.2 Å². The Hall–Kier alpha value is -1.46. The molecule has 0 amide bonds. The van der Waals surface area contributed by atoms with Gasteiger partial charge in [0.2, 0.25) is 0 Å². The SMILES string of the molecule is COC(=O)c1cnc(-c2ccc(F)c(Cl)c2)s1. The summed E-state index contributed by atoms with van der Waals surface area (Å²) in [5.41, 5.74) is 0.663. The van der Waals surface area contributed by atoms with Crippen molar-refractivity contribution >= 4 is 28.9 Å². The molecule has 0 spiro atoms. The van der Waals surface area contributed by atoms with E-state index in [0.29, 0.717) is 15.4 Å². The van der Waals surface area contributed by atoms with Crippen LogP contribution in [0.2, 0.25) is 5.02 Å². The molecule has 0 bridgehead atoms. The van der Waals surface area contributed by atoms with Crippen LogP contribution in [0.5, 0.6) is 0 Å². The Balaban J connectivity index is 2.37. The number of carbonyl (C=O) groups is 1. The van der Waals surface area contributed by atoms with Gasteiger partial charge in [0.25, 0.3) is 0 Å². The Morgan fingerprint density at radius 1 is 1.53 bits per heavy atom. The molecule has 1 heterocycles. The van der Waals surface area contributed by atoms with E-state index in [2.05, 4.69) is 9.72 Å². The second-order valence-electron chi connectivity index (χ2n) is 3.15. The molecule has 0 aliphatic rings. The van der Waals surface area contributed by atoms with Gasteiger partial charge < -0.3 is 4.74 Å². The summed E-state index contributed by atoms with van der Waals surface area (Å²) in [5.74, 6) is -0.929. The molecular formula is C11H7ClFNO2S. The number of nitrogens with zero attached hydrogens (tertiary/aromatic N) is 1. The predicted molar refractivity (Wildman–Crippen MR) is 63.9 cm³/mol. The van der Waals surface area contributed by atoms with Crippen molar-refractivity contribution in [3.63, 3.8) is 0 Å². The lowest BCUT2D eigenvalue weighted by molar-refractivity contribution is 0.0606. The molecule has 0 aliphatic carbocycles. The molecule has 1 aromatic carbocycles. The number of benzene rings is 1. The van der Waals surface area contributed by atoms with Crippen LogP contribution in [0, 0.1) is 5.82 Å². The lowest BCUT2D eigenvalue weighted by atomic mass is 10.2. The Kier molecular flexibility index (Phi) is 3.40. The maximum atomic E-state index is 13.0. The van der Waals surface area contributed by atoms with Gasteiger partial charge in [0.15, 0.2) is 0 Å². The fourth-order valence-corrected chi connectivity index (χ4v) is 2.24. The van der Waals surface area contributed by atoms with Gasteiger partial charge in [-0.1, -0.05) is 11.6 Å². The number of ether oxygens (including phenoxy) is 1. The van der Waals surface area contributed by atoms with Gasteiger partial charge >= 0.3 is 5.97 Å². The average molecular weight is 272 g/mol. The number of methoxy groups -OCH3 is 1. The van der Waals surface area contributed by atoms with Crippen LogP contribution in [0.15, 0.2) is 24.4 Å². The van der Waals surface area contributed by atoms with Crippen LogP contribution < -0.4 is 0 Å². The molecule has 6 heteroatoms. The Morgan fingerprint density at radius 2 is 2.29 bits per heavy atom. The average Bonchev–Trinajstić information content (AvgIpc) is 2.81. The van der Waals surface area contributed by atoms with Crippen LogP contribution in [-0.4, -0.2) is 18.1 Å². The zero-order chi connectivity index (χ0) is 12.4. The number of thiazole rings is 1. The summed E-state index contributed by atoms with van der Waals surface area (Å²) in [6.07, 6.45) is 1.42. The third-order valence-electron chi connectivity index (χ3n) is 2.06. The van der Waals surface area contributed by atoms with E-state index in [1.165, 1.54) is 36.8 Å². The quantitative estimate of drug-likeness (QED) is 0.786. The molecule has 0 radical (unpaired) electrons. The predicted octanol–water partition coefficient (Wildman–Crippen LogP) is 3.39. The topological polar surface area (TPSA) is 39.2 Å². The summed E-state index contributed by atoms with van der Waals surface area (Å²) in [5, 5.41) is 0.615. The summed E-state index contributed by atoms with van der Waals surface area (Å²) in [6, 6.07) is 4.29. The van der Waals surface area contributed by atoms with Crippen LogP contribution in [0.25, 0.3) is 10.6 Å². The van der Waals surface area contributed by atoms with Crippen molar-refractivity contribution in [2.45, 2.75) is 0 Å². The molecule has 0 saturated carbocycles. The van der Waals surface area contributed by atoms with Gasteiger partial charge in [0, 0.05) is 5.56 Å². The lowest BCUT2D eigenvalue weighted by Gasteiger charge is -1.98. The zero-order valence-electron chi connectivity index (χ0n) is 8.74. The van der Waals surface area contributed by atoms with Crippen LogP contribution in [0.4, 0.5) is 4.39 Å². The van der Waals surface area contributed by atoms with Gasteiger partial charge in [-0.15, -0.1) is 11.3 Å². The summed E-state index contributed by atoms with van der Waals surface area (Å²) in [4.78, 5) is 15.7. The first-order valence-corrected chi connectivity index (χ1v) is 5.81. The monoisotopic (exact) mass is 271 g/mol. The van der Waals surface area contributed by atoms with Crippen molar-refractivity contribution in [3.8, 4) is 10.6 Å². The number of aromatic nitrogens is 1. The normalized spacial score (nSPS) is 10.3. The van der Waals surface area contributed by atoms with E-state index in [1.54, 1.807) is 6.07 Å². The van der Waals surface area contributed by atoms with E-state index < -0.39 is 11.8 Å². The smallest absolute Gasteiger partial charge is 0.349 e. The van der Waals surface area contributed by atoms with Crippen molar-refractivity contribution in [1.82, 2.24) is 4.98 Å². The first kappa shape index (κ1) is 12.0. The van der Waals surface area contributed by atoms with Crippen LogP contribution in [0.3, 0.4) is 0 Å². The number of esters is 1. The Bertz CT molecular complexity index is 570. The highest BCUT2D eigenvalue weighted by Gasteiger charge is 2.12. The van der Waals surface area contributed by atoms with E-state index in [1.807, 2.05) is 0 Å². The van der Waals surface area contributed by atoms with Crippen LogP contribution in [0.1, 0.15) is 9.67 Å². The molecule has 0 saturated heterocycles. The second kappa shape index (κ2) is 4.81. The van der Waals surface area contributed by atoms with Crippen LogP contribution in [-0.2, 0) is 4.74 Å². The summed E-state index contributed by atoms with van der Waals surface area (Å²) in [6.45, 7) is 0. The van der Waals surface area contributed by atoms with Crippen molar-refractivity contribution < 1.29 is 13.9 Å². The minimum atomic E-state index is -0.486. The molecule has 0 unspecified atom stereocenters. The Morgan fingerprint density at radius 3 is 2.94 bits per heavy atom. The van der Waals surface area contributed by atoms with E-state index >= 15 is 0 Å². The van der Waals surface area contributed by atoms with Gasteiger partial charge in [-0.2, -0.15) is 0 Å². The summed E-state index contributed by atoms with van der Waals surface area (Å²) < 4.78 is 17.6. The molecule has 1 aromatic heterocycles. The minimum Gasteiger partial charge on any atom is -0.465 e. The highest BCUT2D eigenvalue weighted by Crippen LogP contribution is 2.28. The second-order valence-corrected chi connectivity index (χ2v) is 4.59. The Labute approximate surface area is 106 Å². The number of halogens is 2. The maximum Gasteiger partial charge on any atom is 0.349 e.